The third-order valence-electron chi connectivity index (χ3n) is 5.00. The Labute approximate surface area is 137 Å². The van der Waals surface area contributed by atoms with Gasteiger partial charge in [0.15, 0.2) is 0 Å². The van der Waals surface area contributed by atoms with Gasteiger partial charge in [-0.1, -0.05) is 0 Å². The fourth-order valence-electron chi connectivity index (χ4n) is 3.71. The van der Waals surface area contributed by atoms with Gasteiger partial charge < -0.3 is 14.7 Å². The second kappa shape index (κ2) is 5.55. The Bertz CT molecular complexity index is 729. The summed E-state index contributed by atoms with van der Waals surface area (Å²) >= 11 is 0. The number of amides is 1. The van der Waals surface area contributed by atoms with E-state index < -0.39 is 22.2 Å². The monoisotopic (exact) mass is 338 g/mol. The first-order chi connectivity index (χ1) is 11.3. The number of ether oxygens (including phenoxy) is 1. The van der Waals surface area contributed by atoms with Gasteiger partial charge in [-0.25, -0.2) is 0 Å². The summed E-state index contributed by atoms with van der Waals surface area (Å²) in [5.41, 5.74) is -1.36. The van der Waals surface area contributed by atoms with E-state index in [4.69, 9.17) is 4.74 Å². The smallest absolute Gasteiger partial charge is 0.322 e. The van der Waals surface area contributed by atoms with Crippen LogP contribution in [0.2, 0.25) is 0 Å². The number of hydrogen-bond acceptors (Lipinski definition) is 6. The van der Waals surface area contributed by atoms with Crippen molar-refractivity contribution >= 4 is 17.6 Å². The average molecular weight is 338 g/mol. The van der Waals surface area contributed by atoms with Gasteiger partial charge in [-0.3, -0.25) is 24.4 Å². The number of fused-ring (bicyclic) bond motifs is 1. The molecule has 0 aromatic carbocycles. The highest BCUT2D eigenvalue weighted by molar-refractivity contribution is 5.97. The summed E-state index contributed by atoms with van der Waals surface area (Å²) in [6, 6.07) is 0. The van der Waals surface area contributed by atoms with Crippen LogP contribution in [-0.2, 0) is 16.6 Å². The number of aliphatic carboxylic acids is 1. The third kappa shape index (κ3) is 2.25. The highest BCUT2D eigenvalue weighted by Crippen LogP contribution is 2.43. The number of carboxylic acids is 1. The predicted molar refractivity (Wildman–Crippen MR) is 79.5 cm³/mol. The lowest BCUT2D eigenvalue weighted by Crippen LogP contribution is -2.45. The first-order valence-corrected chi connectivity index (χ1v) is 7.56. The molecule has 2 atom stereocenters. The van der Waals surface area contributed by atoms with E-state index in [1.54, 1.807) is 0 Å². The molecular weight excluding hydrogens is 320 g/mol. The van der Waals surface area contributed by atoms with E-state index in [1.165, 1.54) is 23.6 Å². The number of aryl methyl sites for hydroxylation is 2. The Morgan fingerprint density at radius 2 is 2.21 bits per heavy atom. The zero-order chi connectivity index (χ0) is 17.6. The molecule has 1 amide bonds. The quantitative estimate of drug-likeness (QED) is 0.616. The first kappa shape index (κ1) is 16.4. The summed E-state index contributed by atoms with van der Waals surface area (Å²) in [5.74, 6) is -1.84. The van der Waals surface area contributed by atoms with E-state index in [2.05, 4.69) is 5.10 Å². The number of likely N-dealkylation sites (tertiary alicyclic amines) is 1. The van der Waals surface area contributed by atoms with E-state index in [1.807, 2.05) is 0 Å². The maximum absolute atomic E-state index is 12.8. The van der Waals surface area contributed by atoms with Gasteiger partial charge in [-0.15, -0.1) is 0 Å². The van der Waals surface area contributed by atoms with Gasteiger partial charge in [0.05, 0.1) is 16.9 Å². The summed E-state index contributed by atoms with van der Waals surface area (Å²) in [7, 11) is 1.46. The normalized spacial score (nSPS) is 26.2. The number of nitrogens with zero attached hydrogens (tertiary/aromatic N) is 4. The fourth-order valence-corrected chi connectivity index (χ4v) is 3.71. The van der Waals surface area contributed by atoms with Crippen molar-refractivity contribution in [3.63, 3.8) is 0 Å². The topological polar surface area (TPSA) is 128 Å². The molecule has 130 valence electrons. The average Bonchev–Trinajstić information content (AvgIpc) is 3.04. The molecular formula is C14H18N4O6. The lowest BCUT2D eigenvalue weighted by atomic mass is 9.74. The van der Waals surface area contributed by atoms with E-state index in [0.717, 1.165) is 0 Å². The van der Waals surface area contributed by atoms with Crippen LogP contribution >= 0.6 is 0 Å². The molecule has 0 aliphatic carbocycles. The molecule has 1 aromatic rings. The molecule has 0 radical (unpaired) electrons. The summed E-state index contributed by atoms with van der Waals surface area (Å²) in [4.78, 5) is 36.6. The van der Waals surface area contributed by atoms with Gasteiger partial charge >= 0.3 is 11.7 Å². The van der Waals surface area contributed by atoms with Crippen LogP contribution in [0.1, 0.15) is 22.6 Å². The Hall–Kier alpha value is -2.49. The van der Waals surface area contributed by atoms with Crippen LogP contribution < -0.4 is 0 Å². The Kier molecular flexibility index (Phi) is 3.78. The number of nitro groups is 1. The molecule has 0 bridgehead atoms. The molecule has 2 aliphatic rings. The maximum Gasteiger partial charge on any atom is 0.322 e. The number of hydrogen-bond donors (Lipinski definition) is 1. The molecule has 2 aliphatic heterocycles. The molecule has 2 saturated heterocycles. The second-order valence-corrected chi connectivity index (χ2v) is 6.33. The number of aromatic nitrogens is 2. The lowest BCUT2D eigenvalue weighted by Gasteiger charge is -2.33. The summed E-state index contributed by atoms with van der Waals surface area (Å²) in [6.07, 6.45) is 0.323. The molecule has 3 rings (SSSR count). The van der Waals surface area contributed by atoms with Crippen molar-refractivity contribution in [3.05, 3.63) is 21.5 Å². The van der Waals surface area contributed by atoms with Crippen molar-refractivity contribution in [3.8, 4) is 0 Å². The van der Waals surface area contributed by atoms with E-state index in [9.17, 15) is 24.8 Å². The van der Waals surface area contributed by atoms with Crippen LogP contribution in [0.4, 0.5) is 5.69 Å². The predicted octanol–water partition coefficient (Wildman–Crippen LogP) is 0.200. The Morgan fingerprint density at radius 1 is 1.50 bits per heavy atom. The minimum absolute atomic E-state index is 0.0244. The molecule has 0 unspecified atom stereocenters. The minimum Gasteiger partial charge on any atom is -0.481 e. The third-order valence-corrected chi connectivity index (χ3v) is 5.00. The van der Waals surface area contributed by atoms with Crippen LogP contribution in [0.5, 0.6) is 0 Å². The first-order valence-electron chi connectivity index (χ1n) is 7.56. The largest absolute Gasteiger partial charge is 0.481 e. The van der Waals surface area contributed by atoms with Gasteiger partial charge in [-0.2, -0.15) is 5.10 Å². The van der Waals surface area contributed by atoms with Gasteiger partial charge in [0.1, 0.15) is 5.69 Å². The van der Waals surface area contributed by atoms with Gasteiger partial charge in [-0.05, 0) is 13.3 Å². The molecule has 10 heteroatoms. The molecule has 3 heterocycles. The number of rotatable bonds is 3. The zero-order valence-corrected chi connectivity index (χ0v) is 13.4. The zero-order valence-electron chi connectivity index (χ0n) is 13.4. The lowest BCUT2D eigenvalue weighted by molar-refractivity contribution is -0.385. The second-order valence-electron chi connectivity index (χ2n) is 6.33. The molecule has 2 fully saturated rings. The van der Waals surface area contributed by atoms with Crippen molar-refractivity contribution in [2.75, 3.05) is 26.3 Å². The van der Waals surface area contributed by atoms with E-state index in [0.29, 0.717) is 13.0 Å². The van der Waals surface area contributed by atoms with Crippen molar-refractivity contribution in [2.45, 2.75) is 13.3 Å². The molecule has 0 spiro atoms. The van der Waals surface area contributed by atoms with Crippen molar-refractivity contribution in [1.29, 1.82) is 0 Å². The molecule has 1 N–H and O–H groups in total. The van der Waals surface area contributed by atoms with E-state index in [-0.39, 0.29) is 42.7 Å². The summed E-state index contributed by atoms with van der Waals surface area (Å²) < 4.78 is 6.54. The molecule has 24 heavy (non-hydrogen) atoms. The van der Waals surface area contributed by atoms with Crippen LogP contribution in [-0.4, -0.2) is 62.9 Å². The Morgan fingerprint density at radius 3 is 2.79 bits per heavy atom. The highest BCUT2D eigenvalue weighted by Gasteiger charge is 2.55. The van der Waals surface area contributed by atoms with Crippen LogP contribution in [0.15, 0.2) is 0 Å². The highest BCUT2D eigenvalue weighted by atomic mass is 16.6. The summed E-state index contributed by atoms with van der Waals surface area (Å²) in [6.45, 7) is 2.28. The SMILES string of the molecule is Cc1nn(C)c(C(=O)N2C[C@H]3COCC[C@@]3(C(=O)O)C2)c1[N+](=O)[O-]. The van der Waals surface area contributed by atoms with Crippen LogP contribution in [0.25, 0.3) is 0 Å². The fraction of sp³-hybridized carbons (Fsp3) is 0.643. The number of carbonyl (C=O) groups excluding carboxylic acids is 1. The molecule has 0 saturated carbocycles. The van der Waals surface area contributed by atoms with Crippen LogP contribution in [0.3, 0.4) is 0 Å². The van der Waals surface area contributed by atoms with Crippen LogP contribution in [0, 0.1) is 28.4 Å². The maximum atomic E-state index is 12.8. The van der Waals surface area contributed by atoms with Crippen molar-refractivity contribution in [1.82, 2.24) is 14.7 Å². The molecule has 1 aromatic heterocycles. The van der Waals surface area contributed by atoms with Gasteiger partial charge in [0, 0.05) is 32.7 Å². The van der Waals surface area contributed by atoms with Crippen molar-refractivity contribution < 1.29 is 24.4 Å². The number of carboxylic acid groups (broad SMARTS) is 1. The van der Waals surface area contributed by atoms with Gasteiger partial charge in [0.25, 0.3) is 5.91 Å². The number of carbonyl (C=O) groups is 2. The van der Waals surface area contributed by atoms with Crippen molar-refractivity contribution in [2.24, 2.45) is 18.4 Å². The minimum atomic E-state index is -1.05. The standard InChI is InChI=1S/C14H18N4O6/c1-8-10(18(22)23)11(16(2)15-8)12(19)17-5-9-6-24-4-3-14(9,7-17)13(20)21/h9H,3-7H2,1-2H3,(H,20,21)/t9-,14+/m0/s1. The molecule has 10 nitrogen and oxygen atoms in total. The van der Waals surface area contributed by atoms with E-state index >= 15 is 0 Å². The summed E-state index contributed by atoms with van der Waals surface area (Å²) in [5, 5.41) is 24.9. The van der Waals surface area contributed by atoms with Gasteiger partial charge in [0.2, 0.25) is 5.69 Å². The Balaban J connectivity index is 1.96.